The van der Waals surface area contributed by atoms with E-state index in [1.807, 2.05) is 19.0 Å². The summed E-state index contributed by atoms with van der Waals surface area (Å²) in [6.45, 7) is 1.14. The Morgan fingerprint density at radius 1 is 1.40 bits per heavy atom. The van der Waals surface area contributed by atoms with Crippen molar-refractivity contribution in [1.82, 2.24) is 15.5 Å². The molecule has 7 heteroatoms. The van der Waals surface area contributed by atoms with Gasteiger partial charge in [-0.2, -0.15) is 0 Å². The lowest BCUT2D eigenvalue weighted by Crippen LogP contribution is -2.46. The molecule has 0 rings (SSSR count). The average molecular weight is 218 g/mol. The summed E-state index contributed by atoms with van der Waals surface area (Å²) in [4.78, 5) is 23.3. The van der Waals surface area contributed by atoms with Crippen LogP contribution in [0, 0.1) is 0 Å². The van der Waals surface area contributed by atoms with Gasteiger partial charge in [0.1, 0.15) is 6.04 Å². The molecule has 2 amide bonds. The second-order valence-corrected chi connectivity index (χ2v) is 3.38. The van der Waals surface area contributed by atoms with Gasteiger partial charge in [-0.3, -0.25) is 4.79 Å². The summed E-state index contributed by atoms with van der Waals surface area (Å²) in [7, 11) is 3.78. The highest BCUT2D eigenvalue weighted by molar-refractivity contribution is 5.77. The Labute approximate surface area is 88.6 Å². The average Bonchev–Trinajstić information content (AvgIpc) is 2.13. The standard InChI is InChI=1S/C8H18N4O3/c1-12(2)4-3-10-8(15)11-5-6(9)7(13)14/h6H,3-5,9H2,1-2H3,(H,13,14)(H2,10,11,15)/t6-/m0/s1. The van der Waals surface area contributed by atoms with Gasteiger partial charge in [-0.25, -0.2) is 4.79 Å². The zero-order valence-electron chi connectivity index (χ0n) is 8.99. The van der Waals surface area contributed by atoms with Crippen LogP contribution in [-0.4, -0.2) is 61.8 Å². The Bertz CT molecular complexity index is 220. The van der Waals surface area contributed by atoms with Crippen molar-refractivity contribution in [1.29, 1.82) is 0 Å². The minimum Gasteiger partial charge on any atom is -0.480 e. The van der Waals surface area contributed by atoms with E-state index in [1.54, 1.807) is 0 Å². The first kappa shape index (κ1) is 13.7. The lowest BCUT2D eigenvalue weighted by Gasteiger charge is -2.12. The Balaban J connectivity index is 3.53. The van der Waals surface area contributed by atoms with Crippen LogP contribution in [0.1, 0.15) is 0 Å². The van der Waals surface area contributed by atoms with E-state index in [9.17, 15) is 9.59 Å². The van der Waals surface area contributed by atoms with Crippen molar-refractivity contribution < 1.29 is 14.7 Å². The molecule has 0 spiro atoms. The third-order valence-electron chi connectivity index (χ3n) is 1.64. The largest absolute Gasteiger partial charge is 0.480 e. The molecule has 7 nitrogen and oxygen atoms in total. The molecule has 0 aliphatic rings. The summed E-state index contributed by atoms with van der Waals surface area (Å²) < 4.78 is 0. The Kier molecular flexibility index (Phi) is 6.39. The third-order valence-corrected chi connectivity index (χ3v) is 1.64. The van der Waals surface area contributed by atoms with Crippen LogP contribution in [0.4, 0.5) is 4.79 Å². The maximum atomic E-state index is 11.1. The zero-order chi connectivity index (χ0) is 11.8. The molecule has 0 radical (unpaired) electrons. The van der Waals surface area contributed by atoms with E-state index in [0.29, 0.717) is 6.54 Å². The minimum absolute atomic E-state index is 0.0802. The predicted molar refractivity (Wildman–Crippen MR) is 55.6 cm³/mol. The van der Waals surface area contributed by atoms with Gasteiger partial charge in [-0.15, -0.1) is 0 Å². The number of likely N-dealkylation sites (N-methyl/N-ethyl adjacent to an activating group) is 1. The van der Waals surface area contributed by atoms with Crippen LogP contribution < -0.4 is 16.4 Å². The van der Waals surface area contributed by atoms with Gasteiger partial charge < -0.3 is 26.4 Å². The van der Waals surface area contributed by atoms with Crippen molar-refractivity contribution in [3.63, 3.8) is 0 Å². The van der Waals surface area contributed by atoms with Gasteiger partial charge in [-0.05, 0) is 14.1 Å². The molecule has 0 saturated carbocycles. The number of nitrogens with two attached hydrogens (primary N) is 1. The fourth-order valence-corrected chi connectivity index (χ4v) is 0.746. The van der Waals surface area contributed by atoms with Gasteiger partial charge in [0.2, 0.25) is 0 Å². The lowest BCUT2D eigenvalue weighted by molar-refractivity contribution is -0.138. The van der Waals surface area contributed by atoms with E-state index >= 15 is 0 Å². The smallest absolute Gasteiger partial charge is 0.322 e. The monoisotopic (exact) mass is 218 g/mol. The number of amides is 2. The number of nitrogens with one attached hydrogen (secondary N) is 2. The number of aliphatic carboxylic acids is 1. The summed E-state index contributed by atoms with van der Waals surface area (Å²) in [5.74, 6) is -1.14. The van der Waals surface area contributed by atoms with Gasteiger partial charge in [0.05, 0.1) is 0 Å². The van der Waals surface area contributed by atoms with Crippen LogP contribution >= 0.6 is 0 Å². The third kappa shape index (κ3) is 7.71. The number of hydrogen-bond donors (Lipinski definition) is 4. The lowest BCUT2D eigenvalue weighted by atomic mass is 10.3. The highest BCUT2D eigenvalue weighted by Crippen LogP contribution is 1.76. The van der Waals surface area contributed by atoms with Crippen molar-refractivity contribution >= 4 is 12.0 Å². The normalized spacial score (nSPS) is 12.3. The minimum atomic E-state index is -1.14. The van der Waals surface area contributed by atoms with Crippen molar-refractivity contribution in [3.05, 3.63) is 0 Å². The van der Waals surface area contributed by atoms with Gasteiger partial charge in [-0.1, -0.05) is 0 Å². The molecule has 0 heterocycles. The Morgan fingerprint density at radius 3 is 2.47 bits per heavy atom. The molecule has 5 N–H and O–H groups in total. The number of carbonyl (C=O) groups is 2. The fraction of sp³-hybridized carbons (Fsp3) is 0.750. The molecule has 0 fully saturated rings. The van der Waals surface area contributed by atoms with Crippen LogP contribution in [0.25, 0.3) is 0 Å². The van der Waals surface area contributed by atoms with E-state index in [0.717, 1.165) is 6.54 Å². The number of carboxylic acids is 1. The fourth-order valence-electron chi connectivity index (χ4n) is 0.746. The number of urea groups is 1. The van der Waals surface area contributed by atoms with E-state index < -0.39 is 18.0 Å². The molecule has 0 aromatic rings. The van der Waals surface area contributed by atoms with E-state index in [1.165, 1.54) is 0 Å². The summed E-state index contributed by atoms with van der Waals surface area (Å²) in [6.07, 6.45) is 0. The number of carbonyl (C=O) groups excluding carboxylic acids is 1. The molecule has 0 aliphatic carbocycles. The second kappa shape index (κ2) is 7.02. The molecule has 15 heavy (non-hydrogen) atoms. The Morgan fingerprint density at radius 2 is 2.00 bits per heavy atom. The summed E-state index contributed by atoms with van der Waals surface area (Å²) in [5.41, 5.74) is 5.19. The summed E-state index contributed by atoms with van der Waals surface area (Å²) in [6, 6.07) is -1.47. The molecular formula is C8H18N4O3. The number of hydrogen-bond acceptors (Lipinski definition) is 4. The van der Waals surface area contributed by atoms with Gasteiger partial charge in [0.15, 0.2) is 0 Å². The number of nitrogens with zero attached hydrogens (tertiary/aromatic N) is 1. The quantitative estimate of drug-likeness (QED) is 0.423. The molecule has 0 bridgehead atoms. The highest BCUT2D eigenvalue weighted by atomic mass is 16.4. The van der Waals surface area contributed by atoms with Gasteiger partial charge >= 0.3 is 12.0 Å². The first-order chi connectivity index (χ1) is 6.93. The molecular weight excluding hydrogens is 200 g/mol. The molecule has 0 aliphatic heterocycles. The van der Waals surface area contributed by atoms with Gasteiger partial charge in [0, 0.05) is 19.6 Å². The predicted octanol–water partition coefficient (Wildman–Crippen LogP) is -1.74. The first-order valence-corrected chi connectivity index (χ1v) is 4.58. The van der Waals surface area contributed by atoms with Crippen LogP contribution in [-0.2, 0) is 4.79 Å². The number of rotatable bonds is 6. The molecule has 0 saturated heterocycles. The SMILES string of the molecule is CN(C)CCNC(=O)NC[C@H](N)C(=O)O. The molecule has 0 unspecified atom stereocenters. The molecule has 1 atom stereocenters. The zero-order valence-corrected chi connectivity index (χ0v) is 8.99. The maximum Gasteiger partial charge on any atom is 0.322 e. The van der Waals surface area contributed by atoms with Crippen LogP contribution in [0.15, 0.2) is 0 Å². The Hall–Kier alpha value is -1.34. The summed E-state index contributed by atoms with van der Waals surface area (Å²) >= 11 is 0. The van der Waals surface area contributed by atoms with E-state index in [-0.39, 0.29) is 6.54 Å². The molecule has 88 valence electrons. The van der Waals surface area contributed by atoms with Crippen LogP contribution in [0.2, 0.25) is 0 Å². The van der Waals surface area contributed by atoms with Crippen molar-refractivity contribution in [2.24, 2.45) is 5.73 Å². The molecule has 0 aromatic carbocycles. The van der Waals surface area contributed by atoms with Crippen molar-refractivity contribution in [3.8, 4) is 0 Å². The van der Waals surface area contributed by atoms with Crippen molar-refractivity contribution in [2.75, 3.05) is 33.7 Å². The highest BCUT2D eigenvalue weighted by Gasteiger charge is 2.11. The van der Waals surface area contributed by atoms with Crippen molar-refractivity contribution in [2.45, 2.75) is 6.04 Å². The van der Waals surface area contributed by atoms with E-state index in [4.69, 9.17) is 10.8 Å². The topological polar surface area (TPSA) is 108 Å². The van der Waals surface area contributed by atoms with E-state index in [2.05, 4.69) is 10.6 Å². The number of carboxylic acid groups (broad SMARTS) is 1. The second-order valence-electron chi connectivity index (χ2n) is 3.38. The van der Waals surface area contributed by atoms with Crippen LogP contribution in [0.3, 0.4) is 0 Å². The first-order valence-electron chi connectivity index (χ1n) is 4.58. The molecule has 0 aromatic heterocycles. The maximum absolute atomic E-state index is 11.1. The summed E-state index contributed by atoms with van der Waals surface area (Å²) in [5, 5.41) is 13.4. The van der Waals surface area contributed by atoms with Crippen LogP contribution in [0.5, 0.6) is 0 Å². The van der Waals surface area contributed by atoms with Gasteiger partial charge in [0.25, 0.3) is 0 Å².